The third-order valence-electron chi connectivity index (χ3n) is 1.22. The van der Waals surface area contributed by atoms with E-state index in [9.17, 15) is 4.79 Å². The first-order valence-electron chi connectivity index (χ1n) is 3.40. The van der Waals surface area contributed by atoms with Crippen LogP contribution in [0.15, 0.2) is 0 Å². The molecule has 0 saturated carbocycles. The molecule has 0 N–H and O–H groups in total. The molecule has 0 atom stereocenters. The van der Waals surface area contributed by atoms with Crippen molar-refractivity contribution >= 4 is 17.9 Å². The van der Waals surface area contributed by atoms with Gasteiger partial charge in [0.1, 0.15) is 5.60 Å². The molecule has 10 heavy (non-hydrogen) atoms. The summed E-state index contributed by atoms with van der Waals surface area (Å²) >= 11 is 3.52. The number of hydrogen-bond acceptors (Lipinski definition) is 2. The van der Waals surface area contributed by atoms with E-state index in [1.807, 2.05) is 20.8 Å². The van der Waals surface area contributed by atoms with Gasteiger partial charge in [0.15, 0.2) is 0 Å². The van der Waals surface area contributed by atoms with E-state index in [-0.39, 0.29) is 5.60 Å². The zero-order chi connectivity index (χ0) is 8.20. The fourth-order valence-corrected chi connectivity index (χ4v) is 1.14. The third-order valence-corrected chi connectivity index (χ3v) is 1.31. The van der Waals surface area contributed by atoms with E-state index < -0.39 is 5.30 Å². The first kappa shape index (κ1) is 9.82. The number of thiol groups is 1. The maximum absolute atomic E-state index is 10.4. The van der Waals surface area contributed by atoms with E-state index in [0.29, 0.717) is 0 Å². The number of ether oxygens (including phenoxy) is 1. The van der Waals surface area contributed by atoms with Gasteiger partial charge in [0.25, 0.3) is 0 Å². The molecule has 0 saturated heterocycles. The highest BCUT2D eigenvalue weighted by atomic mass is 32.1. The SMILES string of the molecule is CCCC(C)(C)OC(=O)S. The lowest BCUT2D eigenvalue weighted by molar-refractivity contribution is 0.0513. The Bertz CT molecular complexity index is 121. The second-order valence-electron chi connectivity index (χ2n) is 2.88. The van der Waals surface area contributed by atoms with Gasteiger partial charge in [0.2, 0.25) is 0 Å². The fraction of sp³-hybridized carbons (Fsp3) is 0.857. The molecular weight excluding hydrogens is 148 g/mol. The Hall–Kier alpha value is -0.180. The molecule has 60 valence electrons. The van der Waals surface area contributed by atoms with Crippen LogP contribution in [-0.4, -0.2) is 10.9 Å². The highest BCUT2D eigenvalue weighted by molar-refractivity contribution is 7.96. The van der Waals surface area contributed by atoms with Crippen LogP contribution in [-0.2, 0) is 4.74 Å². The largest absolute Gasteiger partial charge is 0.452 e. The Kier molecular flexibility index (Phi) is 3.79. The van der Waals surface area contributed by atoms with Crippen molar-refractivity contribution in [2.45, 2.75) is 39.2 Å². The second kappa shape index (κ2) is 3.86. The Morgan fingerprint density at radius 2 is 2.10 bits per heavy atom. The van der Waals surface area contributed by atoms with Crippen LogP contribution < -0.4 is 0 Å². The first-order valence-corrected chi connectivity index (χ1v) is 3.84. The quantitative estimate of drug-likeness (QED) is 0.510. The highest BCUT2D eigenvalue weighted by Crippen LogP contribution is 2.17. The van der Waals surface area contributed by atoms with E-state index in [1.165, 1.54) is 0 Å². The molecule has 0 amide bonds. The van der Waals surface area contributed by atoms with Crippen molar-refractivity contribution in [1.29, 1.82) is 0 Å². The molecule has 0 unspecified atom stereocenters. The van der Waals surface area contributed by atoms with Crippen LogP contribution in [0.5, 0.6) is 0 Å². The summed E-state index contributed by atoms with van der Waals surface area (Å²) in [5, 5.41) is -0.501. The molecule has 0 aliphatic carbocycles. The summed E-state index contributed by atoms with van der Waals surface area (Å²) in [6.07, 6.45) is 1.88. The third kappa shape index (κ3) is 4.68. The summed E-state index contributed by atoms with van der Waals surface area (Å²) in [6, 6.07) is 0. The second-order valence-corrected chi connectivity index (χ2v) is 3.24. The minimum absolute atomic E-state index is 0.354. The van der Waals surface area contributed by atoms with Gasteiger partial charge in [-0.1, -0.05) is 26.0 Å². The Morgan fingerprint density at radius 3 is 2.40 bits per heavy atom. The van der Waals surface area contributed by atoms with Crippen LogP contribution in [0.4, 0.5) is 4.79 Å². The molecular formula is C7H14O2S. The Labute approximate surface area is 67.4 Å². The van der Waals surface area contributed by atoms with Crippen LogP contribution in [0.2, 0.25) is 0 Å². The Balaban J connectivity index is 3.74. The van der Waals surface area contributed by atoms with Gasteiger partial charge >= 0.3 is 5.30 Å². The van der Waals surface area contributed by atoms with Gasteiger partial charge < -0.3 is 4.74 Å². The van der Waals surface area contributed by atoms with E-state index in [0.717, 1.165) is 12.8 Å². The predicted octanol–water partition coefficient (Wildman–Crippen LogP) is 2.63. The number of rotatable bonds is 3. The monoisotopic (exact) mass is 162 g/mol. The zero-order valence-electron chi connectivity index (χ0n) is 6.68. The molecule has 0 aliphatic rings. The smallest absolute Gasteiger partial charge is 0.364 e. The van der Waals surface area contributed by atoms with Crippen LogP contribution >= 0.6 is 12.6 Å². The maximum atomic E-state index is 10.4. The van der Waals surface area contributed by atoms with Crippen molar-refractivity contribution in [1.82, 2.24) is 0 Å². The van der Waals surface area contributed by atoms with Crippen molar-refractivity contribution in [3.63, 3.8) is 0 Å². The van der Waals surface area contributed by atoms with Gasteiger partial charge in [-0.05, 0) is 20.3 Å². The van der Waals surface area contributed by atoms with Gasteiger partial charge in [0, 0.05) is 0 Å². The fourth-order valence-electron chi connectivity index (χ4n) is 0.889. The predicted molar refractivity (Wildman–Crippen MR) is 44.5 cm³/mol. The number of carbonyl (C=O) groups is 1. The molecule has 0 bridgehead atoms. The minimum Gasteiger partial charge on any atom is -0.452 e. The first-order chi connectivity index (χ1) is 4.48. The van der Waals surface area contributed by atoms with Crippen molar-refractivity contribution < 1.29 is 9.53 Å². The summed E-state index contributed by atoms with van der Waals surface area (Å²) < 4.78 is 4.90. The molecule has 0 aromatic rings. The lowest BCUT2D eigenvalue weighted by Crippen LogP contribution is -2.25. The molecule has 3 heteroatoms. The maximum Gasteiger partial charge on any atom is 0.364 e. The van der Waals surface area contributed by atoms with Gasteiger partial charge in [-0.15, -0.1) is 0 Å². The summed E-state index contributed by atoms with van der Waals surface area (Å²) in [5.41, 5.74) is -0.354. The van der Waals surface area contributed by atoms with Gasteiger partial charge in [0.05, 0.1) is 0 Å². The van der Waals surface area contributed by atoms with E-state index in [4.69, 9.17) is 4.74 Å². The summed E-state index contributed by atoms with van der Waals surface area (Å²) in [4.78, 5) is 10.4. The standard InChI is InChI=1S/C7H14O2S/c1-4-5-7(2,3)9-6(8)10/h4-5H2,1-3H3,(H,8,10). The molecule has 2 nitrogen and oxygen atoms in total. The van der Waals surface area contributed by atoms with Crippen molar-refractivity contribution in [2.24, 2.45) is 0 Å². The lowest BCUT2D eigenvalue weighted by Gasteiger charge is -2.22. The van der Waals surface area contributed by atoms with E-state index in [2.05, 4.69) is 12.6 Å². The summed E-state index contributed by atoms with van der Waals surface area (Å²) in [7, 11) is 0. The average Bonchev–Trinajstić information content (AvgIpc) is 1.59. The lowest BCUT2D eigenvalue weighted by atomic mass is 10.0. The van der Waals surface area contributed by atoms with Gasteiger partial charge in [-0.2, -0.15) is 0 Å². The number of hydrogen-bond donors (Lipinski definition) is 1. The molecule has 0 aliphatic heterocycles. The van der Waals surface area contributed by atoms with Crippen molar-refractivity contribution in [2.75, 3.05) is 0 Å². The zero-order valence-corrected chi connectivity index (χ0v) is 7.57. The molecule has 0 radical (unpaired) electrons. The Morgan fingerprint density at radius 1 is 1.60 bits per heavy atom. The molecule has 0 heterocycles. The minimum atomic E-state index is -0.501. The van der Waals surface area contributed by atoms with E-state index >= 15 is 0 Å². The van der Waals surface area contributed by atoms with Crippen molar-refractivity contribution in [3.8, 4) is 0 Å². The van der Waals surface area contributed by atoms with Crippen LogP contribution in [0.25, 0.3) is 0 Å². The van der Waals surface area contributed by atoms with Crippen molar-refractivity contribution in [3.05, 3.63) is 0 Å². The topological polar surface area (TPSA) is 26.3 Å². The normalized spacial score (nSPS) is 11.2. The van der Waals surface area contributed by atoms with Crippen LogP contribution in [0.3, 0.4) is 0 Å². The molecule has 0 spiro atoms. The van der Waals surface area contributed by atoms with E-state index in [1.54, 1.807) is 0 Å². The average molecular weight is 162 g/mol. The van der Waals surface area contributed by atoms with Gasteiger partial charge in [-0.3, -0.25) is 0 Å². The van der Waals surface area contributed by atoms with Gasteiger partial charge in [-0.25, -0.2) is 4.79 Å². The molecule has 0 aromatic heterocycles. The summed E-state index contributed by atoms with van der Waals surface area (Å²) in [6.45, 7) is 5.81. The molecule has 0 aromatic carbocycles. The molecule has 0 fully saturated rings. The van der Waals surface area contributed by atoms with Crippen LogP contribution in [0.1, 0.15) is 33.6 Å². The number of carbonyl (C=O) groups excluding carboxylic acids is 1. The van der Waals surface area contributed by atoms with Crippen LogP contribution in [0, 0.1) is 0 Å². The highest BCUT2D eigenvalue weighted by Gasteiger charge is 2.19. The summed E-state index contributed by atoms with van der Waals surface area (Å²) in [5.74, 6) is 0. The molecule has 0 rings (SSSR count).